The summed E-state index contributed by atoms with van der Waals surface area (Å²) in [5.41, 5.74) is -0.331. The topological polar surface area (TPSA) is 64.4 Å². The van der Waals surface area contributed by atoms with Crippen molar-refractivity contribution in [2.45, 2.75) is 25.8 Å². The molecule has 0 amide bonds. The van der Waals surface area contributed by atoms with E-state index in [0.717, 1.165) is 12.6 Å². The number of hydrogen-bond acceptors (Lipinski definition) is 4. The monoisotopic (exact) mass is 268 g/mol. The molecule has 1 unspecified atom stereocenters. The lowest BCUT2D eigenvalue weighted by Crippen LogP contribution is -2.26. The number of ether oxygens (including phenoxy) is 1. The summed E-state index contributed by atoms with van der Waals surface area (Å²) in [6.45, 7) is 2.98. The summed E-state index contributed by atoms with van der Waals surface area (Å²) in [6.07, 6.45) is 2.40. The number of nitrogens with zero attached hydrogens (tertiary/aromatic N) is 1. The Morgan fingerprint density at radius 3 is 2.95 bits per heavy atom. The number of para-hydroxylation sites is 1. The van der Waals surface area contributed by atoms with Crippen LogP contribution in [0, 0.1) is 21.8 Å². The molecule has 0 radical (unpaired) electrons. The largest absolute Gasteiger partial charge is 0.484 e. The van der Waals surface area contributed by atoms with Crippen LogP contribution in [0.1, 0.15) is 19.8 Å². The molecule has 1 atom stereocenters. The molecule has 104 valence electrons. The fourth-order valence-electron chi connectivity index (χ4n) is 1.72. The first-order valence-corrected chi connectivity index (χ1v) is 6.37. The van der Waals surface area contributed by atoms with Gasteiger partial charge >= 0.3 is 5.69 Å². The number of benzene rings is 1. The maximum absolute atomic E-state index is 13.5. The summed E-state index contributed by atoms with van der Waals surface area (Å²) in [4.78, 5) is 10.2. The van der Waals surface area contributed by atoms with Crippen molar-refractivity contribution in [2.24, 2.45) is 5.92 Å². The van der Waals surface area contributed by atoms with Crippen LogP contribution in [0.4, 0.5) is 10.1 Å². The highest BCUT2D eigenvalue weighted by atomic mass is 19.1. The summed E-state index contributed by atoms with van der Waals surface area (Å²) < 4.78 is 18.8. The lowest BCUT2D eigenvalue weighted by Gasteiger charge is -2.14. The number of rotatable bonds is 7. The Bertz CT molecular complexity index is 463. The van der Waals surface area contributed by atoms with Crippen molar-refractivity contribution < 1.29 is 14.1 Å². The third kappa shape index (κ3) is 3.89. The van der Waals surface area contributed by atoms with Gasteiger partial charge in [0.25, 0.3) is 0 Å². The minimum Gasteiger partial charge on any atom is -0.484 e. The quantitative estimate of drug-likeness (QED) is 0.609. The summed E-state index contributed by atoms with van der Waals surface area (Å²) in [5, 5.41) is 14.1. The Hall–Kier alpha value is -1.69. The third-order valence-electron chi connectivity index (χ3n) is 2.99. The van der Waals surface area contributed by atoms with Crippen LogP contribution in [0.3, 0.4) is 0 Å². The van der Waals surface area contributed by atoms with E-state index in [4.69, 9.17) is 4.74 Å². The Balaban J connectivity index is 1.92. The van der Waals surface area contributed by atoms with Crippen molar-refractivity contribution in [3.05, 3.63) is 34.1 Å². The number of nitro groups is 1. The molecule has 1 fully saturated rings. The molecule has 0 aliphatic heterocycles. The van der Waals surface area contributed by atoms with Gasteiger partial charge < -0.3 is 10.1 Å². The molecular formula is C13H17FN2O3. The van der Waals surface area contributed by atoms with Gasteiger partial charge in [-0.15, -0.1) is 0 Å². The highest BCUT2D eigenvalue weighted by Gasteiger charge is 2.22. The van der Waals surface area contributed by atoms with Crippen LogP contribution in [-0.2, 0) is 0 Å². The van der Waals surface area contributed by atoms with Crippen molar-refractivity contribution in [3.63, 3.8) is 0 Å². The van der Waals surface area contributed by atoms with Crippen molar-refractivity contribution in [2.75, 3.05) is 13.2 Å². The highest BCUT2D eigenvalue weighted by Crippen LogP contribution is 2.29. The molecule has 1 aromatic carbocycles. The van der Waals surface area contributed by atoms with E-state index in [-0.39, 0.29) is 24.0 Å². The zero-order valence-electron chi connectivity index (χ0n) is 10.8. The smallest absolute Gasteiger partial charge is 0.314 e. The minimum absolute atomic E-state index is 0.166. The molecule has 19 heavy (non-hydrogen) atoms. The molecule has 0 spiro atoms. The highest BCUT2D eigenvalue weighted by molar-refractivity contribution is 5.46. The Kier molecular flexibility index (Phi) is 4.31. The minimum atomic E-state index is -0.698. The molecule has 0 heterocycles. The van der Waals surface area contributed by atoms with Crippen LogP contribution < -0.4 is 10.1 Å². The van der Waals surface area contributed by atoms with Gasteiger partial charge in [-0.05, 0) is 18.9 Å². The second-order valence-electron chi connectivity index (χ2n) is 4.94. The van der Waals surface area contributed by atoms with Crippen molar-refractivity contribution in [1.29, 1.82) is 0 Å². The lowest BCUT2D eigenvalue weighted by atomic mass is 10.2. The normalized spacial score (nSPS) is 16.1. The van der Waals surface area contributed by atoms with E-state index in [1.165, 1.54) is 25.0 Å². The fraction of sp³-hybridized carbons (Fsp3) is 0.538. The van der Waals surface area contributed by atoms with Crippen LogP contribution in [0.25, 0.3) is 0 Å². The van der Waals surface area contributed by atoms with Crippen LogP contribution in [-0.4, -0.2) is 24.1 Å². The Morgan fingerprint density at radius 2 is 2.32 bits per heavy atom. The first kappa shape index (κ1) is 13.7. The van der Waals surface area contributed by atoms with Crippen molar-refractivity contribution in [3.8, 4) is 5.75 Å². The standard InChI is InChI=1S/C13H17FN2O3/c1-9(7-15-10-5-6-10)8-19-13-11(14)3-2-4-12(13)16(17)18/h2-4,9-10,15H,5-8H2,1H3. The maximum Gasteiger partial charge on any atom is 0.314 e. The van der Waals surface area contributed by atoms with Crippen LogP contribution in [0.5, 0.6) is 5.75 Å². The van der Waals surface area contributed by atoms with Gasteiger partial charge in [0.1, 0.15) is 0 Å². The molecule has 1 aromatic rings. The maximum atomic E-state index is 13.5. The molecule has 0 saturated heterocycles. The molecule has 5 nitrogen and oxygen atoms in total. The van der Waals surface area contributed by atoms with E-state index in [1.807, 2.05) is 6.92 Å². The van der Waals surface area contributed by atoms with Crippen molar-refractivity contribution in [1.82, 2.24) is 5.32 Å². The van der Waals surface area contributed by atoms with Crippen LogP contribution >= 0.6 is 0 Å². The zero-order chi connectivity index (χ0) is 13.8. The fourth-order valence-corrected chi connectivity index (χ4v) is 1.72. The zero-order valence-corrected chi connectivity index (χ0v) is 10.8. The van der Waals surface area contributed by atoms with Gasteiger partial charge in [0.15, 0.2) is 5.82 Å². The first-order chi connectivity index (χ1) is 9.08. The molecule has 0 bridgehead atoms. The van der Waals surface area contributed by atoms with E-state index in [0.29, 0.717) is 6.04 Å². The number of nitrogens with one attached hydrogen (secondary N) is 1. The predicted molar refractivity (Wildman–Crippen MR) is 68.7 cm³/mol. The molecule has 2 rings (SSSR count). The summed E-state index contributed by atoms with van der Waals surface area (Å²) in [7, 11) is 0. The van der Waals surface area contributed by atoms with E-state index < -0.39 is 10.7 Å². The van der Waals surface area contributed by atoms with Gasteiger partial charge in [0, 0.05) is 24.6 Å². The van der Waals surface area contributed by atoms with Crippen molar-refractivity contribution >= 4 is 5.69 Å². The molecule has 1 aliphatic carbocycles. The average molecular weight is 268 g/mol. The van der Waals surface area contributed by atoms with E-state index in [2.05, 4.69) is 5.32 Å². The van der Waals surface area contributed by atoms with Gasteiger partial charge in [0.2, 0.25) is 5.75 Å². The SMILES string of the molecule is CC(CNC1CC1)COc1c(F)cccc1[N+](=O)[O-]. The van der Waals surface area contributed by atoms with E-state index in [1.54, 1.807) is 0 Å². The number of hydrogen-bond donors (Lipinski definition) is 1. The molecule has 0 aromatic heterocycles. The van der Waals surface area contributed by atoms with E-state index in [9.17, 15) is 14.5 Å². The first-order valence-electron chi connectivity index (χ1n) is 6.37. The predicted octanol–water partition coefficient (Wildman–Crippen LogP) is 2.50. The van der Waals surface area contributed by atoms with E-state index >= 15 is 0 Å². The van der Waals surface area contributed by atoms with Gasteiger partial charge in [-0.1, -0.05) is 13.0 Å². The molecular weight excluding hydrogens is 251 g/mol. The number of nitro benzene ring substituents is 1. The summed E-state index contributed by atoms with van der Waals surface area (Å²) in [5.74, 6) is -0.804. The number of halogens is 1. The summed E-state index contributed by atoms with van der Waals surface area (Å²) >= 11 is 0. The third-order valence-corrected chi connectivity index (χ3v) is 2.99. The van der Waals surface area contributed by atoms with Gasteiger partial charge in [0.05, 0.1) is 11.5 Å². The Morgan fingerprint density at radius 1 is 1.58 bits per heavy atom. The van der Waals surface area contributed by atoms with Gasteiger partial charge in [-0.3, -0.25) is 10.1 Å². The van der Waals surface area contributed by atoms with Gasteiger partial charge in [-0.25, -0.2) is 4.39 Å². The molecule has 6 heteroatoms. The van der Waals surface area contributed by atoms with Crippen LogP contribution in [0.15, 0.2) is 18.2 Å². The second kappa shape index (κ2) is 5.97. The summed E-state index contributed by atoms with van der Waals surface area (Å²) in [6, 6.07) is 4.31. The lowest BCUT2D eigenvalue weighted by molar-refractivity contribution is -0.386. The molecule has 1 saturated carbocycles. The van der Waals surface area contributed by atoms with Crippen LogP contribution in [0.2, 0.25) is 0 Å². The molecule has 1 aliphatic rings. The van der Waals surface area contributed by atoms with Gasteiger partial charge in [-0.2, -0.15) is 0 Å². The average Bonchev–Trinajstić information content (AvgIpc) is 3.18. The molecule has 1 N–H and O–H groups in total. The second-order valence-corrected chi connectivity index (χ2v) is 4.94. The Labute approximate surface area is 110 Å².